The number of carbonyl (C=O) groups is 2. The summed E-state index contributed by atoms with van der Waals surface area (Å²) < 4.78 is 0. The van der Waals surface area contributed by atoms with Gasteiger partial charge in [-0.2, -0.15) is 20.5 Å². The Kier molecular flexibility index (Phi) is 11.2. The minimum absolute atomic E-state index is 0.0944. The summed E-state index contributed by atoms with van der Waals surface area (Å²) in [6, 6.07) is 24.3. The van der Waals surface area contributed by atoms with Gasteiger partial charge in [0.1, 0.15) is 0 Å². The molecule has 278 valence electrons. The molecule has 2 aliphatic rings. The highest BCUT2D eigenvalue weighted by Gasteiger charge is 2.35. The van der Waals surface area contributed by atoms with Gasteiger partial charge in [0.2, 0.25) is 0 Å². The highest BCUT2D eigenvalue weighted by molar-refractivity contribution is 6.12. The fourth-order valence-electron chi connectivity index (χ4n) is 6.37. The third kappa shape index (κ3) is 9.40. The first kappa shape index (κ1) is 39.8. The third-order valence-corrected chi connectivity index (χ3v) is 9.49. The van der Waals surface area contributed by atoms with Gasteiger partial charge in [-0.3, -0.25) is 9.59 Å². The van der Waals surface area contributed by atoms with Gasteiger partial charge in [0.15, 0.2) is 11.6 Å². The highest BCUT2D eigenvalue weighted by Crippen LogP contribution is 2.41. The van der Waals surface area contributed by atoms with Crippen LogP contribution in [0.5, 0.6) is 0 Å². The molecule has 0 unspecified atom stereocenters. The van der Waals surface area contributed by atoms with Crippen LogP contribution in [0, 0.1) is 21.7 Å². The molecule has 0 fully saturated rings. The maximum absolute atomic E-state index is 13.4. The van der Waals surface area contributed by atoms with Crippen molar-refractivity contribution in [3.8, 4) is 22.3 Å². The van der Waals surface area contributed by atoms with Crippen molar-refractivity contribution < 1.29 is 9.59 Å². The van der Waals surface area contributed by atoms with Crippen LogP contribution in [-0.2, 0) is 9.59 Å². The van der Waals surface area contributed by atoms with E-state index in [1.807, 2.05) is 78.9 Å². The van der Waals surface area contributed by atoms with Gasteiger partial charge >= 0.3 is 0 Å². The molecule has 0 bridgehead atoms. The predicted octanol–water partition coefficient (Wildman–Crippen LogP) is 14.0. The molecule has 6 nitrogen and oxygen atoms in total. The summed E-state index contributed by atoms with van der Waals surface area (Å²) in [6.07, 6.45) is 11.2. The number of rotatable bonds is 6. The van der Waals surface area contributed by atoms with Crippen molar-refractivity contribution in [1.29, 1.82) is 0 Å². The summed E-state index contributed by atoms with van der Waals surface area (Å²) in [5.74, 6) is 0.193. The number of Topliss-reactive ketones (excluding diaryl/α,β-unsaturated/α-hetero) is 2. The number of hydrogen-bond donors (Lipinski definition) is 0. The van der Waals surface area contributed by atoms with E-state index in [1.165, 1.54) is 0 Å². The number of carbonyl (C=O) groups excluding carboxylic acids is 2. The maximum atomic E-state index is 13.4. The molecule has 54 heavy (non-hydrogen) atoms. The van der Waals surface area contributed by atoms with Gasteiger partial charge in [-0.25, -0.2) is 0 Å². The Morgan fingerprint density at radius 2 is 0.852 bits per heavy atom. The van der Waals surface area contributed by atoms with Crippen molar-refractivity contribution in [2.75, 3.05) is 0 Å². The minimum atomic E-state index is -0.299. The number of nitrogens with zero attached hydrogens (tertiary/aromatic N) is 4. The van der Waals surface area contributed by atoms with Crippen LogP contribution in [0.15, 0.2) is 163 Å². The van der Waals surface area contributed by atoms with Gasteiger partial charge in [0.05, 0.1) is 23.8 Å². The van der Waals surface area contributed by atoms with Crippen molar-refractivity contribution >= 4 is 22.9 Å². The smallest absolute Gasteiger partial charge is 0.186 e. The highest BCUT2D eigenvalue weighted by atomic mass is 16.1. The fourth-order valence-corrected chi connectivity index (χ4v) is 6.37. The van der Waals surface area contributed by atoms with Gasteiger partial charge in [-0.05, 0) is 98.1 Å². The average Bonchev–Trinajstić information content (AvgIpc) is 3.08. The van der Waals surface area contributed by atoms with Crippen LogP contribution in [-0.4, -0.2) is 11.6 Å². The predicted molar refractivity (Wildman–Crippen MR) is 223 cm³/mol. The summed E-state index contributed by atoms with van der Waals surface area (Å²) in [4.78, 5) is 26.7. The fraction of sp³-hybridized carbons (Fsp3) is 0.333. The molecule has 0 saturated heterocycles. The molecule has 0 aliphatic heterocycles. The van der Waals surface area contributed by atoms with Crippen LogP contribution in [0.3, 0.4) is 0 Å². The number of benzene rings is 3. The molecule has 0 N–H and O–H groups in total. The van der Waals surface area contributed by atoms with Crippen LogP contribution in [0.25, 0.3) is 22.3 Å². The molecule has 0 radical (unpaired) electrons. The van der Waals surface area contributed by atoms with E-state index in [-0.39, 0.29) is 33.2 Å². The number of hydrogen-bond acceptors (Lipinski definition) is 6. The van der Waals surface area contributed by atoms with E-state index in [9.17, 15) is 9.59 Å². The zero-order valence-corrected chi connectivity index (χ0v) is 34.0. The summed E-state index contributed by atoms with van der Waals surface area (Å²) in [5.41, 5.74) is 9.16. The standard InChI is InChI=1S/C48H54N4O2/c1-45(2,3)38-24-31(25-39(43(38)53)46(4,5)6)29-49-51-36-21-18-33(19-22-36)35-20-23-42(37(28-35)34-16-14-13-15-17-34)52-50-30-32-26-40(47(7,8)9)44(54)41(27-32)48(10,11)12/h13-30H,1-12H3/b51-49+,52-50+. The van der Waals surface area contributed by atoms with Crippen molar-refractivity contribution in [1.82, 2.24) is 0 Å². The Morgan fingerprint density at radius 1 is 0.444 bits per heavy atom. The van der Waals surface area contributed by atoms with E-state index >= 15 is 0 Å². The summed E-state index contributed by atoms with van der Waals surface area (Å²) in [5, 5.41) is 18.1. The molecule has 0 spiro atoms. The molecule has 0 saturated carbocycles. The Bertz CT molecular complexity index is 2120. The quantitative estimate of drug-likeness (QED) is 0.238. The molecular formula is C48H54N4O2. The Hall–Kier alpha value is -5.36. The lowest BCUT2D eigenvalue weighted by Crippen LogP contribution is -2.27. The van der Waals surface area contributed by atoms with Crippen molar-refractivity contribution in [2.24, 2.45) is 42.1 Å². The SMILES string of the molecule is CC(C)(C)C1=CC(=C/N=N/c2ccc(-c3ccc(/N=N/C=C4C=C(C(C)(C)C)C(=O)C(C(C)(C)C)=C4)c(-c4ccccc4)c3)cc2)C=C(C(C)(C)C)C1=O. The first-order valence-corrected chi connectivity index (χ1v) is 18.6. The lowest BCUT2D eigenvalue weighted by molar-refractivity contribution is -0.114. The Balaban J connectivity index is 1.43. The lowest BCUT2D eigenvalue weighted by atomic mass is 9.72. The number of azo groups is 2. The van der Waals surface area contributed by atoms with E-state index in [0.29, 0.717) is 0 Å². The van der Waals surface area contributed by atoms with E-state index in [1.54, 1.807) is 12.4 Å². The molecule has 2 aliphatic carbocycles. The van der Waals surface area contributed by atoms with E-state index in [0.717, 1.165) is 67.1 Å². The van der Waals surface area contributed by atoms with Crippen molar-refractivity contribution in [3.63, 3.8) is 0 Å². The Labute approximate surface area is 322 Å². The first-order chi connectivity index (χ1) is 25.1. The molecule has 0 atom stereocenters. The van der Waals surface area contributed by atoms with Crippen LogP contribution in [0.4, 0.5) is 11.4 Å². The van der Waals surface area contributed by atoms with E-state index < -0.39 is 0 Å². The second-order valence-electron chi connectivity index (χ2n) is 18.2. The molecule has 3 aromatic rings. The second kappa shape index (κ2) is 15.2. The molecule has 0 heterocycles. The monoisotopic (exact) mass is 718 g/mol. The van der Waals surface area contributed by atoms with Crippen LogP contribution in [0.1, 0.15) is 83.1 Å². The van der Waals surface area contributed by atoms with Crippen LogP contribution in [0.2, 0.25) is 0 Å². The molecule has 0 amide bonds. The number of allylic oxidation sites excluding steroid dienone is 10. The molecular weight excluding hydrogens is 665 g/mol. The van der Waals surface area contributed by atoms with E-state index in [4.69, 9.17) is 0 Å². The molecule has 6 heteroatoms. The maximum Gasteiger partial charge on any atom is 0.186 e. The molecule has 3 aromatic carbocycles. The van der Waals surface area contributed by atoms with Crippen LogP contribution < -0.4 is 0 Å². The van der Waals surface area contributed by atoms with Gasteiger partial charge in [-0.1, -0.05) is 132 Å². The van der Waals surface area contributed by atoms with Gasteiger partial charge in [0, 0.05) is 27.9 Å². The largest absolute Gasteiger partial charge is 0.289 e. The topological polar surface area (TPSA) is 83.6 Å². The van der Waals surface area contributed by atoms with Gasteiger partial charge in [-0.15, -0.1) is 0 Å². The zero-order valence-electron chi connectivity index (χ0n) is 34.0. The normalized spacial score (nSPS) is 16.1. The van der Waals surface area contributed by atoms with Crippen LogP contribution >= 0.6 is 0 Å². The van der Waals surface area contributed by atoms with Gasteiger partial charge in [0.25, 0.3) is 0 Å². The third-order valence-electron chi connectivity index (χ3n) is 9.49. The van der Waals surface area contributed by atoms with Crippen molar-refractivity contribution in [3.05, 3.63) is 143 Å². The second-order valence-corrected chi connectivity index (χ2v) is 18.2. The van der Waals surface area contributed by atoms with Gasteiger partial charge < -0.3 is 0 Å². The molecule has 0 aromatic heterocycles. The summed E-state index contributed by atoms with van der Waals surface area (Å²) in [6.45, 7) is 24.7. The number of ketones is 2. The van der Waals surface area contributed by atoms with Crippen molar-refractivity contribution in [2.45, 2.75) is 83.1 Å². The minimum Gasteiger partial charge on any atom is -0.289 e. The Morgan fingerprint density at radius 3 is 1.28 bits per heavy atom. The average molecular weight is 719 g/mol. The van der Waals surface area contributed by atoms with E-state index in [2.05, 4.69) is 122 Å². The zero-order chi connectivity index (χ0) is 39.6. The summed E-state index contributed by atoms with van der Waals surface area (Å²) >= 11 is 0. The summed E-state index contributed by atoms with van der Waals surface area (Å²) in [7, 11) is 0. The first-order valence-electron chi connectivity index (χ1n) is 18.6. The lowest BCUT2D eigenvalue weighted by Gasteiger charge is -2.31. The molecule has 5 rings (SSSR count).